The van der Waals surface area contributed by atoms with Crippen molar-refractivity contribution in [2.24, 2.45) is 0 Å². The van der Waals surface area contributed by atoms with E-state index in [1.54, 1.807) is 15.9 Å². The fourth-order valence-corrected chi connectivity index (χ4v) is 7.95. The van der Waals surface area contributed by atoms with Crippen LogP contribution >= 0.6 is 0 Å². The summed E-state index contributed by atoms with van der Waals surface area (Å²) >= 11 is 0. The summed E-state index contributed by atoms with van der Waals surface area (Å²) in [6.45, 7) is 15.9. The van der Waals surface area contributed by atoms with Crippen molar-refractivity contribution in [1.29, 1.82) is 0 Å². The zero-order valence-electron chi connectivity index (χ0n) is 20.8. The van der Waals surface area contributed by atoms with Gasteiger partial charge in [0.15, 0.2) is 0 Å². The first-order valence-electron chi connectivity index (χ1n) is 9.64. The molecule has 0 fully saturated rings. The second-order valence-electron chi connectivity index (χ2n) is 8.07. The molecule has 0 aromatic heterocycles. The van der Waals surface area contributed by atoms with E-state index < -0.39 is 8.80 Å². The largest absolute Gasteiger partial charge is 4.00 e. The predicted octanol–water partition coefficient (Wildman–Crippen LogP) is 6.04. The van der Waals surface area contributed by atoms with E-state index in [4.69, 9.17) is 0 Å². The summed E-state index contributed by atoms with van der Waals surface area (Å²) in [6, 6.07) is 17.6. The fourth-order valence-electron chi connectivity index (χ4n) is 4.33. The van der Waals surface area contributed by atoms with Crippen LogP contribution in [0, 0.1) is 70.7 Å². The Balaban J connectivity index is 0. The van der Waals surface area contributed by atoms with Gasteiger partial charge in [-0.1, -0.05) is 97.2 Å². The molecule has 0 saturated carbocycles. The molecule has 0 radical (unpaired) electrons. The molecule has 0 saturated heterocycles. The molecule has 0 nitrogen and oxygen atoms in total. The molecule has 30 heavy (non-hydrogen) atoms. The van der Waals surface area contributed by atoms with E-state index >= 15 is 0 Å². The first-order chi connectivity index (χ1) is 12.3. The summed E-state index contributed by atoms with van der Waals surface area (Å²) in [4.78, 5) is 0. The molecule has 1 unspecified atom stereocenters. The average molecular weight is 453 g/mol. The Hall–Kier alpha value is -1.28. The maximum atomic E-state index is 2.43. The summed E-state index contributed by atoms with van der Waals surface area (Å²) in [5.74, 6) is 0. The molecule has 3 aromatic carbocycles. The smallest absolute Gasteiger partial charge is 0.358 e. The molecule has 0 aliphatic rings. The standard InChI is InChI=1S/C25H31Si.3CH3.Ti/c1-16-9-8-10-23(12-16)26(24-13-17(2)11-18(3)14-24)15-25-21(6)19(4)20(5)22(25)7;;;;/h8-14,26H,15H2,1-7H3;3*1H3;/q4*-1;+4. The number of hydrogen-bond acceptors (Lipinski definition) is 0. The van der Waals surface area contributed by atoms with Crippen LogP contribution < -0.4 is 10.4 Å². The van der Waals surface area contributed by atoms with Crippen LogP contribution in [0.1, 0.15) is 44.5 Å². The maximum Gasteiger partial charge on any atom is 4.00 e. The molecule has 160 valence electrons. The average Bonchev–Trinajstić information content (AvgIpc) is 2.76. The van der Waals surface area contributed by atoms with Crippen molar-refractivity contribution < 1.29 is 21.7 Å². The molecule has 0 N–H and O–H groups in total. The minimum absolute atomic E-state index is 0. The monoisotopic (exact) mass is 452 g/mol. The second-order valence-corrected chi connectivity index (χ2v) is 10.9. The van der Waals surface area contributed by atoms with Gasteiger partial charge in [-0.2, -0.15) is 27.8 Å². The van der Waals surface area contributed by atoms with Crippen LogP contribution in [0.2, 0.25) is 0 Å². The molecular formula is C28H40SiTi. The van der Waals surface area contributed by atoms with Crippen molar-refractivity contribution in [3.05, 3.63) is 109 Å². The molecule has 1 atom stereocenters. The quantitative estimate of drug-likeness (QED) is 0.335. The Morgan fingerprint density at radius 3 is 1.70 bits per heavy atom. The van der Waals surface area contributed by atoms with Gasteiger partial charge in [0, 0.05) is 0 Å². The first-order valence-corrected chi connectivity index (χ1v) is 11.6. The van der Waals surface area contributed by atoms with Gasteiger partial charge in [-0.05, 0) is 26.8 Å². The van der Waals surface area contributed by atoms with Crippen molar-refractivity contribution in [2.45, 2.75) is 54.5 Å². The summed E-state index contributed by atoms with van der Waals surface area (Å²) in [6.07, 6.45) is 0. The van der Waals surface area contributed by atoms with Gasteiger partial charge >= 0.3 is 21.7 Å². The van der Waals surface area contributed by atoms with Crippen LogP contribution in [-0.2, 0) is 27.8 Å². The Morgan fingerprint density at radius 1 is 0.700 bits per heavy atom. The van der Waals surface area contributed by atoms with Gasteiger partial charge in [-0.3, -0.25) is 0 Å². The van der Waals surface area contributed by atoms with Crippen molar-refractivity contribution in [2.75, 3.05) is 0 Å². The van der Waals surface area contributed by atoms with Gasteiger partial charge in [0.1, 0.15) is 8.80 Å². The Bertz CT molecular complexity index is 904. The van der Waals surface area contributed by atoms with Crippen molar-refractivity contribution in [3.8, 4) is 0 Å². The van der Waals surface area contributed by atoms with E-state index in [1.807, 2.05) is 0 Å². The second kappa shape index (κ2) is 12.5. The third-order valence-corrected chi connectivity index (χ3v) is 9.21. The molecule has 0 bridgehead atoms. The molecule has 0 amide bonds. The van der Waals surface area contributed by atoms with Crippen LogP contribution in [0.4, 0.5) is 0 Å². The van der Waals surface area contributed by atoms with E-state index in [0.29, 0.717) is 0 Å². The Labute approximate surface area is 204 Å². The van der Waals surface area contributed by atoms with Crippen LogP contribution in [0.3, 0.4) is 0 Å². The van der Waals surface area contributed by atoms with E-state index in [1.165, 1.54) is 45.0 Å². The van der Waals surface area contributed by atoms with Crippen molar-refractivity contribution >= 4 is 19.2 Å². The first kappa shape index (κ1) is 30.9. The SMILES string of the molecule is Cc1cccc([SiH](Cc2c(C)c(C)c(C)[c-]2C)c2cc(C)cc(C)c2)c1.[CH3-].[CH3-].[CH3-].[Ti+4]. The number of benzene rings is 2. The number of hydrogen-bond donors (Lipinski definition) is 0. The van der Waals surface area contributed by atoms with Gasteiger partial charge < -0.3 is 22.3 Å². The molecule has 0 spiro atoms. The van der Waals surface area contributed by atoms with Gasteiger partial charge in [-0.15, -0.1) is 0 Å². The van der Waals surface area contributed by atoms with Crippen LogP contribution in [-0.4, -0.2) is 8.80 Å². The molecule has 3 rings (SSSR count). The molecular weight excluding hydrogens is 412 g/mol. The van der Waals surface area contributed by atoms with Gasteiger partial charge in [0.05, 0.1) is 0 Å². The van der Waals surface area contributed by atoms with E-state index in [9.17, 15) is 0 Å². The summed E-state index contributed by atoms with van der Waals surface area (Å²) in [7, 11) is -1.32. The molecule has 0 aliphatic heterocycles. The van der Waals surface area contributed by atoms with Crippen molar-refractivity contribution in [3.63, 3.8) is 0 Å². The van der Waals surface area contributed by atoms with E-state index in [-0.39, 0.29) is 44.0 Å². The maximum absolute atomic E-state index is 2.43. The Morgan fingerprint density at radius 2 is 1.23 bits per heavy atom. The molecule has 0 heterocycles. The third kappa shape index (κ3) is 6.36. The van der Waals surface area contributed by atoms with E-state index in [0.717, 1.165) is 0 Å². The summed E-state index contributed by atoms with van der Waals surface area (Å²) in [5, 5.41) is 3.13. The normalized spacial score (nSPS) is 10.8. The summed E-state index contributed by atoms with van der Waals surface area (Å²) < 4.78 is 0. The van der Waals surface area contributed by atoms with E-state index in [2.05, 4.69) is 90.9 Å². The zero-order valence-corrected chi connectivity index (χ0v) is 23.5. The molecule has 3 aromatic rings. The zero-order chi connectivity index (χ0) is 19.0. The van der Waals surface area contributed by atoms with Gasteiger partial charge in [0.2, 0.25) is 0 Å². The predicted molar refractivity (Wildman–Crippen MR) is 137 cm³/mol. The minimum atomic E-state index is -1.32. The summed E-state index contributed by atoms with van der Waals surface area (Å²) in [5.41, 5.74) is 11.7. The van der Waals surface area contributed by atoms with Crippen LogP contribution in [0.5, 0.6) is 0 Å². The number of rotatable bonds is 4. The van der Waals surface area contributed by atoms with Crippen molar-refractivity contribution in [1.82, 2.24) is 0 Å². The van der Waals surface area contributed by atoms with Gasteiger partial charge in [0.25, 0.3) is 0 Å². The molecule has 2 heteroatoms. The topological polar surface area (TPSA) is 0 Å². The van der Waals surface area contributed by atoms with Gasteiger partial charge in [-0.25, -0.2) is 0 Å². The van der Waals surface area contributed by atoms with Crippen LogP contribution in [0.15, 0.2) is 42.5 Å². The molecule has 0 aliphatic carbocycles. The third-order valence-electron chi connectivity index (χ3n) is 6.09. The Kier molecular flexibility index (Phi) is 12.9. The fraction of sp³-hybridized carbons (Fsp3) is 0.286. The van der Waals surface area contributed by atoms with Crippen LogP contribution in [0.25, 0.3) is 0 Å². The number of aryl methyl sites for hydroxylation is 3. The minimum Gasteiger partial charge on any atom is -0.358 e.